The van der Waals surface area contributed by atoms with Crippen molar-refractivity contribution in [3.05, 3.63) is 70.8 Å². The van der Waals surface area contributed by atoms with Crippen LogP contribution in [-0.2, 0) is 4.79 Å². The maximum atomic E-state index is 12.3. The molecule has 146 valence electrons. The van der Waals surface area contributed by atoms with Gasteiger partial charge < -0.3 is 4.90 Å². The summed E-state index contributed by atoms with van der Waals surface area (Å²) in [5.74, 6) is -0.131. The molecule has 1 amide bonds. The molecular formula is C21H18BrN5OS. The van der Waals surface area contributed by atoms with Crippen molar-refractivity contribution >= 4 is 45.4 Å². The van der Waals surface area contributed by atoms with Gasteiger partial charge in [0.05, 0.1) is 11.9 Å². The molecule has 0 unspecified atom stereocenters. The third-order valence-electron chi connectivity index (χ3n) is 4.59. The molecule has 0 radical (unpaired) electrons. The van der Waals surface area contributed by atoms with Crippen molar-refractivity contribution in [1.82, 2.24) is 19.7 Å². The molecule has 8 heteroatoms. The van der Waals surface area contributed by atoms with Crippen molar-refractivity contribution in [3.63, 3.8) is 0 Å². The van der Waals surface area contributed by atoms with Crippen LogP contribution < -0.4 is 0 Å². The topological polar surface area (TPSA) is 53.7 Å². The Morgan fingerprint density at radius 1 is 1.17 bits per heavy atom. The Hall–Kier alpha value is -2.84. The first-order chi connectivity index (χ1) is 14.1. The number of benzene rings is 2. The first kappa shape index (κ1) is 19.5. The summed E-state index contributed by atoms with van der Waals surface area (Å²) >= 11 is 8.83. The van der Waals surface area contributed by atoms with Gasteiger partial charge >= 0.3 is 0 Å². The highest BCUT2D eigenvalue weighted by Crippen LogP contribution is 2.25. The summed E-state index contributed by atoms with van der Waals surface area (Å²) in [4.78, 5) is 14.1. The Morgan fingerprint density at radius 3 is 2.55 bits per heavy atom. The standard InChI is InChI=1S/C21H18BrN5OS/c1-2-25-14-19(28)27(21(25)29)23-12-16-13-26(18-6-4-3-5-7-18)24-20(16)15-8-10-17(22)11-9-15/h3-13H,2,14H2,1H3/b23-12-. The number of halogens is 1. The number of carbonyl (C=O) groups excluding carboxylic acids is 1. The van der Waals surface area contributed by atoms with Crippen LogP contribution in [0.1, 0.15) is 12.5 Å². The lowest BCUT2D eigenvalue weighted by molar-refractivity contribution is -0.125. The van der Waals surface area contributed by atoms with Gasteiger partial charge in [-0.3, -0.25) is 4.79 Å². The van der Waals surface area contributed by atoms with E-state index < -0.39 is 0 Å². The number of rotatable bonds is 5. The lowest BCUT2D eigenvalue weighted by Crippen LogP contribution is -2.29. The molecule has 1 aliphatic rings. The zero-order valence-electron chi connectivity index (χ0n) is 15.7. The van der Waals surface area contributed by atoms with Gasteiger partial charge in [0.1, 0.15) is 12.2 Å². The van der Waals surface area contributed by atoms with Gasteiger partial charge in [0.2, 0.25) is 0 Å². The monoisotopic (exact) mass is 467 g/mol. The number of likely N-dealkylation sites (N-methyl/N-ethyl adjacent to an activating group) is 1. The third kappa shape index (κ3) is 3.99. The number of hydrogen-bond acceptors (Lipinski definition) is 4. The lowest BCUT2D eigenvalue weighted by atomic mass is 10.1. The minimum absolute atomic E-state index is 0.131. The zero-order valence-corrected chi connectivity index (χ0v) is 18.1. The van der Waals surface area contributed by atoms with E-state index in [9.17, 15) is 4.79 Å². The van der Waals surface area contributed by atoms with Gasteiger partial charge in [-0.05, 0) is 43.4 Å². The fraction of sp³-hybridized carbons (Fsp3) is 0.143. The maximum absolute atomic E-state index is 12.3. The SMILES string of the molecule is CCN1CC(=O)N(/N=C\c2cn(-c3ccccc3)nc2-c2ccc(Br)cc2)C1=S. The van der Waals surface area contributed by atoms with Crippen molar-refractivity contribution in [2.75, 3.05) is 13.1 Å². The Bertz CT molecular complexity index is 1080. The van der Waals surface area contributed by atoms with E-state index in [2.05, 4.69) is 21.0 Å². The van der Waals surface area contributed by atoms with E-state index in [0.29, 0.717) is 11.7 Å². The second kappa shape index (κ2) is 8.26. The van der Waals surface area contributed by atoms with Crippen LogP contribution in [0, 0.1) is 0 Å². The van der Waals surface area contributed by atoms with E-state index in [0.717, 1.165) is 27.0 Å². The van der Waals surface area contributed by atoms with Crippen molar-refractivity contribution in [2.24, 2.45) is 5.10 Å². The van der Waals surface area contributed by atoms with Gasteiger partial charge in [-0.25, -0.2) is 4.68 Å². The van der Waals surface area contributed by atoms with Crippen LogP contribution in [0.15, 0.2) is 70.4 Å². The number of hydrazone groups is 1. The average Bonchev–Trinajstić information content (AvgIpc) is 3.28. The van der Waals surface area contributed by atoms with Crippen LogP contribution in [0.4, 0.5) is 0 Å². The van der Waals surface area contributed by atoms with Gasteiger partial charge in [0, 0.05) is 28.3 Å². The van der Waals surface area contributed by atoms with E-state index in [-0.39, 0.29) is 12.5 Å². The van der Waals surface area contributed by atoms with Gasteiger partial charge in [-0.15, -0.1) is 0 Å². The predicted molar refractivity (Wildman–Crippen MR) is 121 cm³/mol. The minimum atomic E-state index is -0.131. The summed E-state index contributed by atoms with van der Waals surface area (Å²) in [6.07, 6.45) is 3.55. The fourth-order valence-corrected chi connectivity index (χ4v) is 3.65. The van der Waals surface area contributed by atoms with Crippen LogP contribution in [0.3, 0.4) is 0 Å². The lowest BCUT2D eigenvalue weighted by Gasteiger charge is -2.14. The molecule has 0 atom stereocenters. The van der Waals surface area contributed by atoms with E-state index >= 15 is 0 Å². The molecule has 1 aromatic heterocycles. The number of nitrogens with zero attached hydrogens (tertiary/aromatic N) is 5. The van der Waals surface area contributed by atoms with E-state index in [4.69, 9.17) is 17.3 Å². The molecule has 2 heterocycles. The maximum Gasteiger partial charge on any atom is 0.269 e. The molecule has 2 aromatic carbocycles. The highest BCUT2D eigenvalue weighted by molar-refractivity contribution is 9.10. The van der Waals surface area contributed by atoms with Gasteiger partial charge in [-0.2, -0.15) is 15.2 Å². The van der Waals surface area contributed by atoms with Crippen molar-refractivity contribution in [1.29, 1.82) is 0 Å². The number of thiocarbonyl (C=S) groups is 1. The minimum Gasteiger partial charge on any atom is -0.338 e. The molecule has 1 fully saturated rings. The normalized spacial score (nSPS) is 14.4. The van der Waals surface area contributed by atoms with Gasteiger partial charge in [0.25, 0.3) is 5.91 Å². The van der Waals surface area contributed by atoms with Crippen LogP contribution in [0.2, 0.25) is 0 Å². The summed E-state index contributed by atoms with van der Waals surface area (Å²) in [6.45, 7) is 2.89. The van der Waals surface area contributed by atoms with E-state index in [1.165, 1.54) is 5.01 Å². The van der Waals surface area contributed by atoms with Crippen molar-refractivity contribution in [2.45, 2.75) is 6.92 Å². The largest absolute Gasteiger partial charge is 0.338 e. The van der Waals surface area contributed by atoms with Crippen LogP contribution >= 0.6 is 28.1 Å². The summed E-state index contributed by atoms with van der Waals surface area (Å²) < 4.78 is 2.80. The van der Waals surface area contributed by atoms with Crippen molar-refractivity contribution in [3.8, 4) is 16.9 Å². The molecule has 0 saturated carbocycles. The summed E-state index contributed by atoms with van der Waals surface area (Å²) in [7, 11) is 0. The molecule has 0 bridgehead atoms. The first-order valence-electron chi connectivity index (χ1n) is 9.13. The summed E-state index contributed by atoms with van der Waals surface area (Å²) in [6, 6.07) is 17.8. The van der Waals surface area contributed by atoms with Gasteiger partial charge in [-0.1, -0.05) is 46.3 Å². The zero-order chi connectivity index (χ0) is 20.4. The highest BCUT2D eigenvalue weighted by atomic mass is 79.9. The van der Waals surface area contributed by atoms with E-state index in [1.807, 2.05) is 72.6 Å². The van der Waals surface area contributed by atoms with Gasteiger partial charge in [0.15, 0.2) is 5.11 Å². The molecule has 4 rings (SSSR count). The van der Waals surface area contributed by atoms with Crippen LogP contribution in [-0.4, -0.2) is 50.0 Å². The summed E-state index contributed by atoms with van der Waals surface area (Å²) in [5.41, 5.74) is 3.46. The Balaban J connectivity index is 1.73. The molecule has 3 aromatic rings. The number of amides is 1. The highest BCUT2D eigenvalue weighted by Gasteiger charge is 2.31. The second-order valence-electron chi connectivity index (χ2n) is 6.47. The summed E-state index contributed by atoms with van der Waals surface area (Å²) in [5, 5.41) is 10.8. The van der Waals surface area contributed by atoms with Crippen LogP contribution in [0.25, 0.3) is 16.9 Å². The van der Waals surface area contributed by atoms with E-state index in [1.54, 1.807) is 10.9 Å². The fourth-order valence-electron chi connectivity index (χ4n) is 3.05. The molecule has 29 heavy (non-hydrogen) atoms. The molecule has 0 spiro atoms. The third-order valence-corrected chi connectivity index (χ3v) is 5.55. The molecule has 0 aliphatic carbocycles. The number of carbonyl (C=O) groups is 1. The Morgan fingerprint density at radius 2 is 1.90 bits per heavy atom. The number of para-hydroxylation sites is 1. The average molecular weight is 468 g/mol. The molecular weight excluding hydrogens is 450 g/mol. The molecule has 6 nitrogen and oxygen atoms in total. The van der Waals surface area contributed by atoms with Crippen molar-refractivity contribution < 1.29 is 4.79 Å². The Kier molecular flexibility index (Phi) is 5.55. The Labute approximate surface area is 182 Å². The predicted octanol–water partition coefficient (Wildman–Crippen LogP) is 4.08. The number of hydrogen-bond donors (Lipinski definition) is 0. The molecule has 1 saturated heterocycles. The van der Waals surface area contributed by atoms with Crippen LogP contribution in [0.5, 0.6) is 0 Å². The molecule has 0 N–H and O–H groups in total. The first-order valence-corrected chi connectivity index (χ1v) is 10.3. The quantitative estimate of drug-likeness (QED) is 0.418. The number of aromatic nitrogens is 2. The smallest absolute Gasteiger partial charge is 0.269 e. The molecule has 1 aliphatic heterocycles. The second-order valence-corrected chi connectivity index (χ2v) is 7.75.